The third-order valence-electron chi connectivity index (χ3n) is 2.06. The van der Waals surface area contributed by atoms with Crippen LogP contribution in [0, 0.1) is 0 Å². The summed E-state index contributed by atoms with van der Waals surface area (Å²) in [4.78, 5) is 19.2. The van der Waals surface area contributed by atoms with Crippen LogP contribution < -0.4 is 4.74 Å². The van der Waals surface area contributed by atoms with Crippen LogP contribution in [0.2, 0.25) is 0 Å². The summed E-state index contributed by atoms with van der Waals surface area (Å²) in [7, 11) is 0. The van der Waals surface area contributed by atoms with Crippen LogP contribution in [0.1, 0.15) is 19.8 Å². The maximum atomic E-state index is 11.2. The average molecular weight is 232 g/mol. The fourth-order valence-electron chi connectivity index (χ4n) is 1.28. The number of H-pyrrole nitrogens is 1. The molecule has 0 bridgehead atoms. The standard InChI is InChI=1S/C11H12N4O2/c1-2-4-9(16)17-11-13-10(14-15-11)8-5-3-6-12-7-8/h3,5-7H,2,4H2,1H3,(H,13,14,15). The van der Waals surface area contributed by atoms with Crippen molar-refractivity contribution in [2.24, 2.45) is 0 Å². The van der Waals surface area contributed by atoms with Crippen LogP contribution in [-0.4, -0.2) is 26.1 Å². The van der Waals surface area contributed by atoms with Crippen molar-refractivity contribution >= 4 is 5.97 Å². The van der Waals surface area contributed by atoms with E-state index in [1.54, 1.807) is 18.5 Å². The number of aromatic amines is 1. The van der Waals surface area contributed by atoms with Crippen molar-refractivity contribution in [2.45, 2.75) is 19.8 Å². The highest BCUT2D eigenvalue weighted by Crippen LogP contribution is 2.15. The Bertz CT molecular complexity index is 495. The average Bonchev–Trinajstić information content (AvgIpc) is 2.79. The molecular formula is C11H12N4O2. The van der Waals surface area contributed by atoms with Crippen molar-refractivity contribution in [3.05, 3.63) is 24.5 Å². The summed E-state index contributed by atoms with van der Waals surface area (Å²) in [5, 5.41) is 6.50. The maximum Gasteiger partial charge on any atom is 0.343 e. The molecule has 88 valence electrons. The first-order valence-electron chi connectivity index (χ1n) is 5.33. The van der Waals surface area contributed by atoms with E-state index in [-0.39, 0.29) is 12.0 Å². The molecule has 0 unspecified atom stereocenters. The predicted molar refractivity (Wildman–Crippen MR) is 60.2 cm³/mol. The van der Waals surface area contributed by atoms with Crippen molar-refractivity contribution in [2.75, 3.05) is 0 Å². The summed E-state index contributed by atoms with van der Waals surface area (Å²) in [5.74, 6) is 0.196. The van der Waals surface area contributed by atoms with Crippen molar-refractivity contribution in [3.8, 4) is 17.4 Å². The van der Waals surface area contributed by atoms with Gasteiger partial charge >= 0.3 is 12.0 Å². The van der Waals surface area contributed by atoms with E-state index in [2.05, 4.69) is 20.2 Å². The Kier molecular flexibility index (Phi) is 3.44. The molecule has 0 fully saturated rings. The Labute approximate surface area is 98.1 Å². The third kappa shape index (κ3) is 2.87. The van der Waals surface area contributed by atoms with Gasteiger partial charge < -0.3 is 4.74 Å². The van der Waals surface area contributed by atoms with Crippen LogP contribution in [0.15, 0.2) is 24.5 Å². The van der Waals surface area contributed by atoms with Crippen LogP contribution in [0.4, 0.5) is 0 Å². The number of nitrogens with one attached hydrogen (secondary N) is 1. The van der Waals surface area contributed by atoms with Gasteiger partial charge in [0.1, 0.15) is 0 Å². The number of hydrogen-bond donors (Lipinski definition) is 1. The molecule has 0 radical (unpaired) electrons. The summed E-state index contributed by atoms with van der Waals surface area (Å²) in [6, 6.07) is 3.67. The van der Waals surface area contributed by atoms with E-state index in [1.165, 1.54) is 0 Å². The molecule has 17 heavy (non-hydrogen) atoms. The van der Waals surface area contributed by atoms with Gasteiger partial charge in [-0.1, -0.05) is 6.92 Å². The monoisotopic (exact) mass is 232 g/mol. The van der Waals surface area contributed by atoms with E-state index in [0.29, 0.717) is 12.2 Å². The quantitative estimate of drug-likeness (QED) is 0.809. The lowest BCUT2D eigenvalue weighted by Gasteiger charge is -1.95. The van der Waals surface area contributed by atoms with Crippen LogP contribution in [0.5, 0.6) is 6.01 Å². The first-order valence-corrected chi connectivity index (χ1v) is 5.33. The molecule has 0 atom stereocenters. The zero-order chi connectivity index (χ0) is 12.1. The van der Waals surface area contributed by atoms with Gasteiger partial charge in [-0.15, -0.1) is 5.10 Å². The van der Waals surface area contributed by atoms with E-state index in [4.69, 9.17) is 4.74 Å². The van der Waals surface area contributed by atoms with Gasteiger partial charge in [-0.05, 0) is 18.6 Å². The van der Waals surface area contributed by atoms with Crippen LogP contribution in [0.3, 0.4) is 0 Å². The van der Waals surface area contributed by atoms with Crippen molar-refractivity contribution in [1.82, 2.24) is 20.2 Å². The highest BCUT2D eigenvalue weighted by Gasteiger charge is 2.10. The van der Waals surface area contributed by atoms with Crippen molar-refractivity contribution < 1.29 is 9.53 Å². The number of rotatable bonds is 4. The van der Waals surface area contributed by atoms with Crippen LogP contribution in [0.25, 0.3) is 11.4 Å². The lowest BCUT2D eigenvalue weighted by molar-refractivity contribution is -0.134. The summed E-state index contributed by atoms with van der Waals surface area (Å²) in [5.41, 5.74) is 0.790. The summed E-state index contributed by atoms with van der Waals surface area (Å²) in [6.45, 7) is 1.90. The van der Waals surface area contributed by atoms with E-state index >= 15 is 0 Å². The molecule has 0 aliphatic carbocycles. The van der Waals surface area contributed by atoms with Gasteiger partial charge in [0.25, 0.3) is 0 Å². The minimum atomic E-state index is -0.329. The molecule has 0 aliphatic rings. The fraction of sp³-hybridized carbons (Fsp3) is 0.273. The first-order chi connectivity index (χ1) is 8.29. The Hall–Kier alpha value is -2.24. The van der Waals surface area contributed by atoms with Gasteiger partial charge in [0.2, 0.25) is 0 Å². The number of hydrogen-bond acceptors (Lipinski definition) is 5. The molecule has 1 N–H and O–H groups in total. The van der Waals surface area contributed by atoms with Crippen LogP contribution in [-0.2, 0) is 4.79 Å². The second kappa shape index (κ2) is 5.20. The lowest BCUT2D eigenvalue weighted by Crippen LogP contribution is -2.07. The van der Waals surface area contributed by atoms with E-state index < -0.39 is 0 Å². The predicted octanol–water partition coefficient (Wildman–Crippen LogP) is 1.57. The number of carbonyl (C=O) groups is 1. The van der Waals surface area contributed by atoms with E-state index in [9.17, 15) is 4.79 Å². The van der Waals surface area contributed by atoms with Gasteiger partial charge in [-0.3, -0.25) is 14.9 Å². The molecule has 2 aromatic heterocycles. The zero-order valence-corrected chi connectivity index (χ0v) is 9.38. The summed E-state index contributed by atoms with van der Waals surface area (Å²) < 4.78 is 4.94. The molecule has 6 nitrogen and oxygen atoms in total. The molecule has 2 rings (SSSR count). The third-order valence-corrected chi connectivity index (χ3v) is 2.06. The summed E-state index contributed by atoms with van der Waals surface area (Å²) in [6.07, 6.45) is 4.41. The number of carbonyl (C=O) groups excluding carboxylic acids is 1. The molecule has 0 amide bonds. The second-order valence-electron chi connectivity index (χ2n) is 3.43. The molecule has 0 aromatic carbocycles. The minimum absolute atomic E-state index is 0.0438. The largest absolute Gasteiger partial charge is 0.390 e. The van der Waals surface area contributed by atoms with Crippen molar-refractivity contribution in [1.29, 1.82) is 0 Å². The first kappa shape index (κ1) is 11.3. The number of ether oxygens (including phenoxy) is 1. The number of aromatic nitrogens is 4. The van der Waals surface area contributed by atoms with Gasteiger partial charge in [0.05, 0.1) is 0 Å². The second-order valence-corrected chi connectivity index (χ2v) is 3.43. The Morgan fingerprint density at radius 1 is 1.53 bits per heavy atom. The molecule has 2 heterocycles. The van der Waals surface area contributed by atoms with Gasteiger partial charge in [-0.2, -0.15) is 4.98 Å². The SMILES string of the molecule is CCCC(=O)Oc1n[nH]c(-c2cccnc2)n1. The number of nitrogens with zero attached hydrogens (tertiary/aromatic N) is 3. The zero-order valence-electron chi connectivity index (χ0n) is 9.38. The highest BCUT2D eigenvalue weighted by molar-refractivity contribution is 5.71. The van der Waals surface area contributed by atoms with E-state index in [0.717, 1.165) is 12.0 Å². The van der Waals surface area contributed by atoms with E-state index in [1.807, 2.05) is 13.0 Å². The number of pyridine rings is 1. The Balaban J connectivity index is 2.09. The van der Waals surface area contributed by atoms with Gasteiger partial charge in [-0.25, -0.2) is 0 Å². The Morgan fingerprint density at radius 2 is 2.41 bits per heavy atom. The topological polar surface area (TPSA) is 80.8 Å². The minimum Gasteiger partial charge on any atom is -0.390 e. The van der Waals surface area contributed by atoms with Gasteiger partial charge in [0, 0.05) is 24.4 Å². The molecule has 0 saturated heterocycles. The fourth-order valence-corrected chi connectivity index (χ4v) is 1.28. The number of esters is 1. The van der Waals surface area contributed by atoms with Crippen LogP contribution >= 0.6 is 0 Å². The normalized spacial score (nSPS) is 10.2. The molecule has 2 aromatic rings. The molecule has 0 spiro atoms. The highest BCUT2D eigenvalue weighted by atomic mass is 16.5. The van der Waals surface area contributed by atoms with Crippen molar-refractivity contribution in [3.63, 3.8) is 0 Å². The molecule has 0 aliphatic heterocycles. The maximum absolute atomic E-state index is 11.2. The molecular weight excluding hydrogens is 220 g/mol. The summed E-state index contributed by atoms with van der Waals surface area (Å²) >= 11 is 0. The molecule has 0 saturated carbocycles. The lowest BCUT2D eigenvalue weighted by atomic mass is 10.3. The Morgan fingerprint density at radius 3 is 3.12 bits per heavy atom. The van der Waals surface area contributed by atoms with Gasteiger partial charge in [0.15, 0.2) is 5.82 Å². The molecule has 6 heteroatoms. The smallest absolute Gasteiger partial charge is 0.343 e.